The number of hydrogen-bond acceptors (Lipinski definition) is 5. The largest absolute Gasteiger partial charge is 0.604 e. The third-order valence-corrected chi connectivity index (χ3v) is 5.04. The van der Waals surface area contributed by atoms with Gasteiger partial charge in [0.05, 0.1) is 22.2 Å². The van der Waals surface area contributed by atoms with E-state index in [9.17, 15) is 30.9 Å². The highest BCUT2D eigenvalue weighted by Crippen LogP contribution is 2.42. The summed E-state index contributed by atoms with van der Waals surface area (Å²) in [5, 5.41) is 11.4. The second kappa shape index (κ2) is 8.93. The van der Waals surface area contributed by atoms with Crippen molar-refractivity contribution in [1.82, 2.24) is 9.78 Å². The summed E-state index contributed by atoms with van der Waals surface area (Å²) >= 11 is 7.99. The van der Waals surface area contributed by atoms with Gasteiger partial charge in [-0.2, -0.15) is 23.4 Å². The minimum Gasteiger partial charge on any atom is -0.604 e. The molecule has 0 amide bonds. The molecule has 0 radical (unpaired) electrons. The third-order valence-electron chi connectivity index (χ3n) is 3.29. The Hall–Kier alpha value is -2.14. The molecule has 2 aromatic rings. The molecule has 0 aliphatic carbocycles. The lowest BCUT2D eigenvalue weighted by molar-refractivity contribution is -0.137. The fourth-order valence-electron chi connectivity index (χ4n) is 2.12. The van der Waals surface area contributed by atoms with Crippen molar-refractivity contribution in [3.05, 3.63) is 33.4 Å². The molecule has 6 nitrogen and oxygen atoms in total. The minimum atomic E-state index is -5.29. The molecule has 30 heavy (non-hydrogen) atoms. The molecule has 1 unspecified atom stereocenters. The lowest BCUT2D eigenvalue weighted by Gasteiger charge is -2.14. The molecule has 162 valence electrons. The van der Waals surface area contributed by atoms with Gasteiger partial charge in [0.1, 0.15) is 22.9 Å². The molecular weight excluding hydrogens is 485 g/mol. The van der Waals surface area contributed by atoms with Crippen LogP contribution in [0.4, 0.5) is 32.2 Å². The van der Waals surface area contributed by atoms with E-state index in [0.717, 1.165) is 0 Å². The van der Waals surface area contributed by atoms with Gasteiger partial charge in [-0.25, -0.2) is 4.68 Å². The van der Waals surface area contributed by atoms with Crippen molar-refractivity contribution in [2.75, 3.05) is 6.61 Å². The number of halogens is 8. The molecular formula is C15H8Cl2F6N4O2S. The molecule has 15 heteroatoms. The van der Waals surface area contributed by atoms with Gasteiger partial charge >= 0.3 is 11.7 Å². The van der Waals surface area contributed by atoms with Gasteiger partial charge in [0.15, 0.2) is 6.40 Å². The van der Waals surface area contributed by atoms with Crippen LogP contribution in [-0.2, 0) is 22.1 Å². The molecule has 0 aliphatic rings. The number of ether oxygens (including phenoxy) is 1. The van der Waals surface area contributed by atoms with E-state index in [1.807, 2.05) is 0 Å². The Kier molecular flexibility index (Phi) is 7.18. The summed E-state index contributed by atoms with van der Waals surface area (Å²) in [6.07, 6.45) is -4.12. The lowest BCUT2D eigenvalue weighted by Crippen LogP contribution is -2.23. The standard InChI is InChI=1S/C15H8Cl2F6N4O2S/c1-2-29-6-25-13-12(30(28)15(21,22)23)10(5-24)26-27(13)11-8(16)3-7(4-9(11)17)14(18,19)20/h3-4,6H,2H2,1H3/b25-6+. The van der Waals surface area contributed by atoms with Crippen LogP contribution in [0.5, 0.6) is 0 Å². The molecule has 0 fully saturated rings. The molecule has 1 heterocycles. The summed E-state index contributed by atoms with van der Waals surface area (Å²) in [5.41, 5.74) is -7.96. The van der Waals surface area contributed by atoms with Gasteiger partial charge in [0.25, 0.3) is 0 Å². The van der Waals surface area contributed by atoms with Gasteiger partial charge in [-0.15, -0.1) is 18.3 Å². The molecule has 0 saturated carbocycles. The van der Waals surface area contributed by atoms with Gasteiger partial charge < -0.3 is 9.29 Å². The predicted octanol–water partition coefficient (Wildman–Crippen LogP) is 5.39. The fourth-order valence-corrected chi connectivity index (χ4v) is 3.56. The Labute approximate surface area is 177 Å². The van der Waals surface area contributed by atoms with Crippen LogP contribution in [0.15, 0.2) is 22.0 Å². The third kappa shape index (κ3) is 4.94. The number of aliphatic imine (C=N–C) groups is 1. The van der Waals surface area contributed by atoms with E-state index in [4.69, 9.17) is 33.2 Å². The topological polar surface area (TPSA) is 86.3 Å². The zero-order valence-corrected chi connectivity index (χ0v) is 16.8. The SMILES string of the molecule is CCO/C=N/c1c([S+]([O-])C(F)(F)F)c(C#N)nn1-c1c(Cl)cc(C(F)(F)F)cc1Cl. The lowest BCUT2D eigenvalue weighted by atomic mass is 10.2. The number of alkyl halides is 6. The Morgan fingerprint density at radius 2 is 1.83 bits per heavy atom. The van der Waals surface area contributed by atoms with Gasteiger partial charge in [0.2, 0.25) is 16.4 Å². The van der Waals surface area contributed by atoms with Crippen LogP contribution < -0.4 is 0 Å². The summed E-state index contributed by atoms with van der Waals surface area (Å²) in [4.78, 5) is 2.47. The normalized spacial score (nSPS) is 13.5. The first-order valence-electron chi connectivity index (χ1n) is 7.55. The smallest absolute Gasteiger partial charge is 0.578 e. The van der Waals surface area contributed by atoms with Crippen LogP contribution >= 0.6 is 23.2 Å². The van der Waals surface area contributed by atoms with Crippen molar-refractivity contribution in [1.29, 1.82) is 5.26 Å². The summed E-state index contributed by atoms with van der Waals surface area (Å²) in [5.74, 6) is -0.806. The van der Waals surface area contributed by atoms with Crippen LogP contribution in [0.2, 0.25) is 10.0 Å². The highest BCUT2D eigenvalue weighted by molar-refractivity contribution is 7.92. The molecule has 1 aromatic heterocycles. The maximum atomic E-state index is 13.1. The van der Waals surface area contributed by atoms with Gasteiger partial charge in [-0.1, -0.05) is 23.2 Å². The average molecular weight is 493 g/mol. The van der Waals surface area contributed by atoms with Crippen LogP contribution in [0.3, 0.4) is 0 Å². The summed E-state index contributed by atoms with van der Waals surface area (Å²) in [6.45, 7) is 1.59. The quantitative estimate of drug-likeness (QED) is 0.242. The van der Waals surface area contributed by atoms with Gasteiger partial charge in [0, 0.05) is 0 Å². The molecule has 0 spiro atoms. The first kappa shape index (κ1) is 24.1. The second-order valence-corrected chi connectivity index (χ2v) is 7.44. The number of rotatable bonds is 5. The van der Waals surface area contributed by atoms with Crippen molar-refractivity contribution in [3.8, 4) is 11.8 Å². The van der Waals surface area contributed by atoms with Crippen molar-refractivity contribution < 1.29 is 35.6 Å². The summed E-state index contributed by atoms with van der Waals surface area (Å²) in [6, 6.07) is 2.27. The maximum absolute atomic E-state index is 13.1. The van der Waals surface area contributed by atoms with Crippen molar-refractivity contribution >= 4 is 46.6 Å². The van der Waals surface area contributed by atoms with E-state index in [0.29, 0.717) is 23.2 Å². The number of nitriles is 1. The van der Waals surface area contributed by atoms with Crippen LogP contribution in [0.1, 0.15) is 18.2 Å². The van der Waals surface area contributed by atoms with Crippen LogP contribution in [-0.4, -0.2) is 32.8 Å². The van der Waals surface area contributed by atoms with E-state index in [1.54, 1.807) is 0 Å². The van der Waals surface area contributed by atoms with Crippen molar-refractivity contribution in [2.45, 2.75) is 23.5 Å². The Morgan fingerprint density at radius 1 is 1.27 bits per heavy atom. The molecule has 2 rings (SSSR count). The summed E-state index contributed by atoms with van der Waals surface area (Å²) in [7, 11) is 0. The Bertz CT molecular complexity index is 993. The number of benzene rings is 1. The number of hydrogen-bond donors (Lipinski definition) is 0. The van der Waals surface area contributed by atoms with E-state index in [2.05, 4.69) is 10.1 Å². The predicted molar refractivity (Wildman–Crippen MR) is 95.5 cm³/mol. The first-order chi connectivity index (χ1) is 13.8. The molecule has 0 N–H and O–H groups in total. The zero-order valence-electron chi connectivity index (χ0n) is 14.5. The minimum absolute atomic E-state index is 0.0578. The number of nitrogens with zero attached hydrogens (tertiary/aromatic N) is 4. The zero-order chi connectivity index (χ0) is 22.9. The van der Waals surface area contributed by atoms with E-state index in [-0.39, 0.29) is 6.61 Å². The fraction of sp³-hybridized carbons (Fsp3) is 0.267. The Balaban J connectivity index is 2.84. The average Bonchev–Trinajstić information content (AvgIpc) is 2.97. The van der Waals surface area contributed by atoms with Crippen molar-refractivity contribution in [2.24, 2.45) is 4.99 Å². The molecule has 1 atom stereocenters. The van der Waals surface area contributed by atoms with Gasteiger partial charge in [-0.05, 0) is 19.1 Å². The van der Waals surface area contributed by atoms with Crippen LogP contribution in [0, 0.1) is 11.3 Å². The monoisotopic (exact) mass is 492 g/mol. The second-order valence-electron chi connectivity index (χ2n) is 5.22. The molecule has 0 aliphatic heterocycles. The molecule has 1 aromatic carbocycles. The number of aromatic nitrogens is 2. The Morgan fingerprint density at radius 3 is 2.27 bits per heavy atom. The van der Waals surface area contributed by atoms with Crippen LogP contribution in [0.25, 0.3) is 5.69 Å². The van der Waals surface area contributed by atoms with Gasteiger partial charge in [-0.3, -0.25) is 0 Å². The van der Waals surface area contributed by atoms with Crippen molar-refractivity contribution in [3.63, 3.8) is 0 Å². The highest BCUT2D eigenvalue weighted by atomic mass is 35.5. The maximum Gasteiger partial charge on any atom is 0.578 e. The highest BCUT2D eigenvalue weighted by Gasteiger charge is 2.50. The molecule has 0 bridgehead atoms. The summed E-state index contributed by atoms with van der Waals surface area (Å²) < 4.78 is 95.3. The van der Waals surface area contributed by atoms with E-state index in [1.165, 1.54) is 13.0 Å². The van der Waals surface area contributed by atoms with E-state index < -0.39 is 60.6 Å². The van der Waals surface area contributed by atoms with E-state index >= 15 is 0 Å². The first-order valence-corrected chi connectivity index (χ1v) is 9.45. The molecule has 0 saturated heterocycles.